The molecule has 0 aliphatic carbocycles. The van der Waals surface area contributed by atoms with E-state index in [1.165, 1.54) is 6.26 Å². The van der Waals surface area contributed by atoms with E-state index in [0.29, 0.717) is 25.2 Å². The Kier molecular flexibility index (Phi) is 6.56. The van der Waals surface area contributed by atoms with Crippen LogP contribution >= 0.6 is 0 Å². The molecular weight excluding hydrogens is 276 g/mol. The lowest BCUT2D eigenvalue weighted by atomic mass is 10.1. The van der Waals surface area contributed by atoms with Crippen LogP contribution in [-0.2, 0) is 9.84 Å². The van der Waals surface area contributed by atoms with Gasteiger partial charge >= 0.3 is 0 Å². The van der Waals surface area contributed by atoms with Crippen molar-refractivity contribution in [1.82, 2.24) is 0 Å². The number of hydrogen-bond acceptors (Lipinski definition) is 4. The van der Waals surface area contributed by atoms with Crippen molar-refractivity contribution in [2.75, 3.05) is 25.2 Å². The van der Waals surface area contributed by atoms with Crippen molar-refractivity contribution in [1.29, 1.82) is 0 Å². The van der Waals surface area contributed by atoms with Gasteiger partial charge in [0, 0.05) is 12.7 Å². The Labute approximate surface area is 120 Å². The Balaban J connectivity index is 2.67. The number of benzene rings is 1. The van der Waals surface area contributed by atoms with Gasteiger partial charge in [-0.25, -0.2) is 8.42 Å². The maximum atomic E-state index is 11.0. The Hall–Kier alpha value is -1.51. The van der Waals surface area contributed by atoms with E-state index < -0.39 is 9.84 Å². The Morgan fingerprint density at radius 3 is 2.75 bits per heavy atom. The maximum absolute atomic E-state index is 11.0. The molecule has 5 heteroatoms. The summed E-state index contributed by atoms with van der Waals surface area (Å²) in [7, 11) is -2.95. The minimum absolute atomic E-state index is 0.0311. The maximum Gasteiger partial charge on any atom is 0.147 e. The molecule has 0 amide bonds. The molecule has 0 saturated carbocycles. The van der Waals surface area contributed by atoms with E-state index in [-0.39, 0.29) is 12.4 Å². The van der Waals surface area contributed by atoms with Crippen LogP contribution in [0.3, 0.4) is 0 Å². The highest BCUT2D eigenvalue weighted by Crippen LogP contribution is 2.19. The second-order valence-corrected chi connectivity index (χ2v) is 6.87. The molecule has 0 heterocycles. The molecule has 20 heavy (non-hydrogen) atoms. The number of sulfone groups is 1. The van der Waals surface area contributed by atoms with Gasteiger partial charge in [0.1, 0.15) is 15.6 Å². The predicted molar refractivity (Wildman–Crippen MR) is 79.6 cm³/mol. The SMILES string of the molecule is Cc1ccc(OCCCS(C)(=O)=O)c(C#CCCO)c1. The van der Waals surface area contributed by atoms with E-state index in [9.17, 15) is 8.42 Å². The number of ether oxygens (including phenoxy) is 1. The molecule has 1 aromatic rings. The molecule has 0 radical (unpaired) electrons. The molecule has 1 N–H and O–H groups in total. The summed E-state index contributed by atoms with van der Waals surface area (Å²) in [6, 6.07) is 5.66. The molecule has 4 nitrogen and oxygen atoms in total. The zero-order chi connectivity index (χ0) is 15.0. The minimum atomic E-state index is -2.95. The first-order valence-corrected chi connectivity index (χ1v) is 8.49. The average Bonchev–Trinajstić information content (AvgIpc) is 2.36. The fourth-order valence-electron chi connectivity index (χ4n) is 1.58. The van der Waals surface area contributed by atoms with Crippen molar-refractivity contribution in [3.05, 3.63) is 29.3 Å². The first-order valence-electron chi connectivity index (χ1n) is 6.43. The Bertz CT molecular complexity index is 594. The lowest BCUT2D eigenvalue weighted by molar-refractivity contribution is 0.305. The molecule has 0 aliphatic rings. The van der Waals surface area contributed by atoms with Gasteiger partial charge in [-0.2, -0.15) is 0 Å². The lowest BCUT2D eigenvalue weighted by Crippen LogP contribution is -2.08. The van der Waals surface area contributed by atoms with Gasteiger partial charge in [0.2, 0.25) is 0 Å². The van der Waals surface area contributed by atoms with Crippen molar-refractivity contribution in [2.45, 2.75) is 19.8 Å². The number of aryl methyl sites for hydroxylation is 1. The lowest BCUT2D eigenvalue weighted by Gasteiger charge is -2.08. The highest BCUT2D eigenvalue weighted by molar-refractivity contribution is 7.90. The van der Waals surface area contributed by atoms with Crippen molar-refractivity contribution in [3.63, 3.8) is 0 Å². The molecule has 0 saturated heterocycles. The molecule has 0 atom stereocenters. The van der Waals surface area contributed by atoms with Gasteiger partial charge in [-0.1, -0.05) is 17.9 Å². The molecule has 0 aliphatic heterocycles. The van der Waals surface area contributed by atoms with Gasteiger partial charge in [0.15, 0.2) is 0 Å². The first-order chi connectivity index (χ1) is 9.42. The molecule has 0 aromatic heterocycles. The van der Waals surface area contributed by atoms with Crippen LogP contribution in [-0.4, -0.2) is 38.7 Å². The van der Waals surface area contributed by atoms with Gasteiger partial charge in [0.05, 0.1) is 24.5 Å². The fourth-order valence-corrected chi connectivity index (χ4v) is 2.23. The van der Waals surface area contributed by atoms with Crippen LogP contribution in [0.25, 0.3) is 0 Å². The second-order valence-electron chi connectivity index (χ2n) is 4.61. The highest BCUT2D eigenvalue weighted by Gasteiger charge is 2.04. The van der Waals surface area contributed by atoms with Crippen LogP contribution in [0.4, 0.5) is 0 Å². The first kappa shape index (κ1) is 16.5. The molecule has 0 fully saturated rings. The molecule has 0 bridgehead atoms. The van der Waals surface area contributed by atoms with Crippen LogP contribution in [0.5, 0.6) is 5.75 Å². The summed E-state index contributed by atoms with van der Waals surface area (Å²) in [5, 5.41) is 8.73. The van der Waals surface area contributed by atoms with Crippen LogP contribution < -0.4 is 4.74 Å². The van der Waals surface area contributed by atoms with E-state index in [2.05, 4.69) is 11.8 Å². The molecule has 1 rings (SSSR count). The summed E-state index contributed by atoms with van der Waals surface area (Å²) in [5.41, 5.74) is 1.83. The standard InChI is InChI=1S/C15H20O4S/c1-13-7-8-15(14(12-13)6-3-4-9-16)19-10-5-11-20(2,17)18/h7-8,12,16H,4-5,9-11H2,1-2H3. The summed E-state index contributed by atoms with van der Waals surface area (Å²) in [6.07, 6.45) is 2.09. The summed E-state index contributed by atoms with van der Waals surface area (Å²) in [5.74, 6) is 6.58. The minimum Gasteiger partial charge on any atom is -0.492 e. The van der Waals surface area contributed by atoms with Gasteiger partial charge in [-0.05, 0) is 31.0 Å². The topological polar surface area (TPSA) is 63.6 Å². The predicted octanol–water partition coefficient (Wildman–Crippen LogP) is 1.54. The Morgan fingerprint density at radius 2 is 2.10 bits per heavy atom. The molecule has 0 spiro atoms. The number of aliphatic hydroxyl groups is 1. The van der Waals surface area contributed by atoms with Crippen molar-refractivity contribution >= 4 is 9.84 Å². The van der Waals surface area contributed by atoms with Crippen LogP contribution in [0.2, 0.25) is 0 Å². The van der Waals surface area contributed by atoms with E-state index in [0.717, 1.165) is 11.1 Å². The van der Waals surface area contributed by atoms with Crippen LogP contribution in [0.1, 0.15) is 24.0 Å². The fraction of sp³-hybridized carbons (Fsp3) is 0.467. The molecule has 110 valence electrons. The van der Waals surface area contributed by atoms with Crippen molar-refractivity contribution in [3.8, 4) is 17.6 Å². The number of aliphatic hydroxyl groups excluding tert-OH is 1. The van der Waals surface area contributed by atoms with Gasteiger partial charge in [-0.15, -0.1) is 0 Å². The van der Waals surface area contributed by atoms with Gasteiger partial charge in [-0.3, -0.25) is 0 Å². The second kappa shape index (κ2) is 7.93. The summed E-state index contributed by atoms with van der Waals surface area (Å²) < 4.78 is 27.6. The summed E-state index contributed by atoms with van der Waals surface area (Å²) in [6.45, 7) is 2.33. The van der Waals surface area contributed by atoms with Crippen molar-refractivity contribution in [2.24, 2.45) is 0 Å². The molecule has 0 unspecified atom stereocenters. The van der Waals surface area contributed by atoms with E-state index in [1.807, 2.05) is 25.1 Å². The summed E-state index contributed by atoms with van der Waals surface area (Å²) in [4.78, 5) is 0. The smallest absolute Gasteiger partial charge is 0.147 e. The van der Waals surface area contributed by atoms with Crippen LogP contribution in [0, 0.1) is 18.8 Å². The summed E-state index contributed by atoms with van der Waals surface area (Å²) >= 11 is 0. The molecule has 1 aromatic carbocycles. The van der Waals surface area contributed by atoms with Gasteiger partial charge in [0.25, 0.3) is 0 Å². The average molecular weight is 296 g/mol. The van der Waals surface area contributed by atoms with E-state index in [1.54, 1.807) is 0 Å². The van der Waals surface area contributed by atoms with Crippen LogP contribution in [0.15, 0.2) is 18.2 Å². The monoisotopic (exact) mass is 296 g/mol. The molecular formula is C15H20O4S. The van der Waals surface area contributed by atoms with E-state index in [4.69, 9.17) is 9.84 Å². The zero-order valence-corrected chi connectivity index (χ0v) is 12.7. The highest BCUT2D eigenvalue weighted by atomic mass is 32.2. The number of hydrogen-bond donors (Lipinski definition) is 1. The third-order valence-corrected chi connectivity index (χ3v) is 3.54. The third kappa shape index (κ3) is 6.60. The van der Waals surface area contributed by atoms with Gasteiger partial charge < -0.3 is 9.84 Å². The zero-order valence-electron chi connectivity index (χ0n) is 11.8. The Morgan fingerprint density at radius 1 is 1.35 bits per heavy atom. The van der Waals surface area contributed by atoms with Crippen molar-refractivity contribution < 1.29 is 18.3 Å². The number of rotatable bonds is 6. The van der Waals surface area contributed by atoms with E-state index >= 15 is 0 Å². The normalized spacial score (nSPS) is 10.8. The quantitative estimate of drug-likeness (QED) is 0.639. The third-order valence-electron chi connectivity index (χ3n) is 2.51. The largest absolute Gasteiger partial charge is 0.492 e.